The Morgan fingerprint density at radius 2 is 1.70 bits per heavy atom. The van der Waals surface area contributed by atoms with E-state index in [1.807, 2.05) is 0 Å². The van der Waals surface area contributed by atoms with Gasteiger partial charge in [-0.2, -0.15) is 4.98 Å². The van der Waals surface area contributed by atoms with Crippen LogP contribution in [0.5, 0.6) is 0 Å². The van der Waals surface area contributed by atoms with E-state index in [2.05, 4.69) is 45.4 Å². The van der Waals surface area contributed by atoms with Crippen molar-refractivity contribution in [1.82, 2.24) is 39.0 Å². The minimum absolute atomic E-state index is 0.00929. The number of rotatable bonds is 10. The SMILES string of the molecule is [C-]#[N+]CCOP1(=O)OCC2OC(n3cnc4c(=O)[nH]c(NC(=O)C(C)C)nc43)C(OP(=O)(OC)CCC3OC(n4cnc5c(NC(=O)c6ccccc6)ncnc54)C(F)C3O1)C2F. The summed E-state index contributed by atoms with van der Waals surface area (Å²) in [5, 5.41) is 5.15. The van der Waals surface area contributed by atoms with Crippen LogP contribution < -0.4 is 16.2 Å². The van der Waals surface area contributed by atoms with Gasteiger partial charge in [0.05, 0.1) is 31.5 Å². The minimum atomic E-state index is -4.94. The van der Waals surface area contributed by atoms with E-state index in [-0.39, 0.29) is 47.1 Å². The number of phosphoric ester groups is 1. The molecule has 3 N–H and O–H groups in total. The zero-order valence-electron chi connectivity index (χ0n) is 33.5. The van der Waals surface area contributed by atoms with E-state index >= 15 is 8.78 Å². The molecule has 0 radical (unpaired) electrons. The first kappa shape index (κ1) is 44.2. The summed E-state index contributed by atoms with van der Waals surface area (Å²) in [5.41, 5.74) is -0.732. The largest absolute Gasteiger partial charge is 0.475 e. The fourth-order valence-electron chi connectivity index (χ4n) is 7.04. The Balaban J connectivity index is 1.11. The lowest BCUT2D eigenvalue weighted by Gasteiger charge is -2.27. The maximum absolute atomic E-state index is 16.9. The molecule has 63 heavy (non-hydrogen) atoms. The van der Waals surface area contributed by atoms with Crippen LogP contribution in [0.15, 0.2) is 54.1 Å². The van der Waals surface area contributed by atoms with E-state index in [0.717, 1.165) is 24.3 Å². The molecule has 0 spiro atoms. The molecule has 1 aromatic carbocycles. The average Bonchev–Trinajstić information content (AvgIpc) is 4.04. The molecule has 4 aromatic heterocycles. The number of nitrogens with one attached hydrogen (secondary N) is 3. The summed E-state index contributed by atoms with van der Waals surface area (Å²) in [6.45, 7) is 8.71. The van der Waals surface area contributed by atoms with E-state index in [9.17, 15) is 23.5 Å². The average molecular weight is 918 g/mol. The number of phosphoric acid groups is 1. The summed E-state index contributed by atoms with van der Waals surface area (Å²) < 4.78 is 105. The topological polar surface area (TPSA) is 268 Å². The number of anilines is 2. The number of H-pyrrole nitrogens is 1. The number of hydrogen-bond donors (Lipinski definition) is 3. The lowest BCUT2D eigenvalue weighted by molar-refractivity contribution is -0.118. The molecular weight excluding hydrogens is 878 g/mol. The molecule has 5 aromatic rings. The van der Waals surface area contributed by atoms with Gasteiger partial charge in [-0.25, -0.2) is 39.9 Å². The molecule has 3 aliphatic heterocycles. The highest BCUT2D eigenvalue weighted by molar-refractivity contribution is 7.53. The van der Waals surface area contributed by atoms with Gasteiger partial charge in [-0.15, -0.1) is 0 Å². The highest BCUT2D eigenvalue weighted by Crippen LogP contribution is 2.58. The van der Waals surface area contributed by atoms with Crippen molar-refractivity contribution >= 4 is 61.3 Å². The van der Waals surface area contributed by atoms with E-state index in [1.54, 1.807) is 44.2 Å². The second-order valence-electron chi connectivity index (χ2n) is 14.7. The van der Waals surface area contributed by atoms with Gasteiger partial charge in [-0.3, -0.25) is 56.5 Å². The van der Waals surface area contributed by atoms with Crippen molar-refractivity contribution in [3.8, 4) is 0 Å². The number of fused-ring (bicyclic) bond motifs is 5. The first-order valence-corrected chi connectivity index (χ1v) is 22.5. The van der Waals surface area contributed by atoms with Crippen LogP contribution in [0, 0.1) is 12.5 Å². The predicted octanol–water partition coefficient (Wildman–Crippen LogP) is 4.35. The van der Waals surface area contributed by atoms with Crippen molar-refractivity contribution in [3.05, 3.63) is 76.6 Å². The van der Waals surface area contributed by atoms with Crippen LogP contribution in [-0.2, 0) is 46.0 Å². The molecular formula is C36H39F2N11O12P2. The molecule has 3 aliphatic rings. The molecule has 2 bridgehead atoms. The van der Waals surface area contributed by atoms with Crippen molar-refractivity contribution in [2.24, 2.45) is 5.92 Å². The molecule has 0 aliphatic carbocycles. The molecule has 3 fully saturated rings. The second-order valence-corrected chi connectivity index (χ2v) is 18.5. The zero-order valence-corrected chi connectivity index (χ0v) is 35.3. The van der Waals surface area contributed by atoms with Gasteiger partial charge in [-0.1, -0.05) is 32.0 Å². The number of imidazole rings is 2. The number of ether oxygens (including phenoxy) is 2. The van der Waals surface area contributed by atoms with Gasteiger partial charge in [0.15, 0.2) is 52.9 Å². The van der Waals surface area contributed by atoms with Crippen molar-refractivity contribution < 1.29 is 59.6 Å². The number of benzene rings is 1. The van der Waals surface area contributed by atoms with Gasteiger partial charge >= 0.3 is 15.4 Å². The van der Waals surface area contributed by atoms with Gasteiger partial charge in [0, 0.05) is 18.6 Å². The van der Waals surface area contributed by atoms with Gasteiger partial charge in [0.25, 0.3) is 11.5 Å². The molecule has 23 nitrogen and oxygen atoms in total. The van der Waals surface area contributed by atoms with Crippen LogP contribution in [0.4, 0.5) is 20.5 Å². The Morgan fingerprint density at radius 3 is 2.43 bits per heavy atom. The number of aromatic amines is 1. The predicted molar refractivity (Wildman–Crippen MR) is 214 cm³/mol. The molecule has 27 heteroatoms. The van der Waals surface area contributed by atoms with Crippen LogP contribution in [0.25, 0.3) is 27.2 Å². The molecule has 10 atom stereocenters. The first-order valence-electron chi connectivity index (χ1n) is 19.4. The van der Waals surface area contributed by atoms with E-state index < -0.39 is 107 Å². The van der Waals surface area contributed by atoms with Crippen LogP contribution >= 0.6 is 15.4 Å². The second kappa shape index (κ2) is 18.0. The van der Waals surface area contributed by atoms with E-state index in [1.165, 1.54) is 10.9 Å². The summed E-state index contributed by atoms with van der Waals surface area (Å²) in [6, 6.07) is 8.30. The Morgan fingerprint density at radius 1 is 0.968 bits per heavy atom. The van der Waals surface area contributed by atoms with Crippen molar-refractivity contribution in [2.45, 2.75) is 69.5 Å². The van der Waals surface area contributed by atoms with Crippen LogP contribution in [-0.4, -0.2) is 121 Å². The lowest BCUT2D eigenvalue weighted by atomic mass is 10.1. The number of alkyl halides is 2. The van der Waals surface area contributed by atoms with Crippen LogP contribution in [0.3, 0.4) is 0 Å². The first-order chi connectivity index (χ1) is 30.2. The molecule has 0 saturated carbocycles. The van der Waals surface area contributed by atoms with E-state index in [0.29, 0.717) is 5.56 Å². The Hall–Kier alpha value is -5.41. The third kappa shape index (κ3) is 8.91. The molecule has 3 saturated heterocycles. The third-order valence-electron chi connectivity index (χ3n) is 10.3. The standard InChI is InChI=1S/C36H39F2N11O12P2/c1-18(2)31(50)46-36-45-30-25(33(52)47-36)43-17-49(30)35-27-22(37)21(59-35)14-57-63(54,56-12-11-39-3)61-26-20(10-13-62(53,55-4)60-27)58-34(23(26)38)48-16-42-24-28(40-15-41-29(24)48)44-32(51)19-8-6-5-7-9-19/h5-9,15-18,20-23,26-27,34-35H,10-14H2,1-2,4H3,(H,40,41,44,51)(H2,45,46,47,50,52). The normalized spacial score (nSPS) is 30.0. The maximum Gasteiger partial charge on any atom is 0.475 e. The Bertz CT molecular complexity index is 2720. The van der Waals surface area contributed by atoms with Gasteiger partial charge in [0.2, 0.25) is 18.4 Å². The Labute approximate surface area is 355 Å². The van der Waals surface area contributed by atoms with Gasteiger partial charge in [0.1, 0.15) is 31.2 Å². The molecule has 7 heterocycles. The summed E-state index contributed by atoms with van der Waals surface area (Å²) in [6.07, 6.45) is -11.7. The van der Waals surface area contributed by atoms with Gasteiger partial charge < -0.3 is 24.2 Å². The van der Waals surface area contributed by atoms with Gasteiger partial charge in [-0.05, 0) is 18.6 Å². The van der Waals surface area contributed by atoms with E-state index in [4.69, 9.17) is 38.7 Å². The smallest absolute Gasteiger partial charge is 0.349 e. The molecule has 2 amide bonds. The van der Waals surface area contributed by atoms with Crippen LogP contribution in [0.1, 0.15) is 43.1 Å². The summed E-state index contributed by atoms with van der Waals surface area (Å²) in [4.78, 5) is 65.0. The quantitative estimate of drug-likeness (QED) is 0.0998. The number of nitrogens with zero attached hydrogens (tertiary/aromatic N) is 8. The molecule has 10 unspecified atom stereocenters. The Kier molecular flexibility index (Phi) is 12.6. The highest BCUT2D eigenvalue weighted by atomic mass is 31.2. The number of aromatic nitrogens is 8. The summed E-state index contributed by atoms with van der Waals surface area (Å²) >= 11 is 0. The summed E-state index contributed by atoms with van der Waals surface area (Å²) in [7, 11) is -8.27. The number of halogens is 2. The number of amides is 2. The monoisotopic (exact) mass is 917 g/mol. The molecule has 334 valence electrons. The maximum atomic E-state index is 16.9. The highest BCUT2D eigenvalue weighted by Gasteiger charge is 2.55. The molecule has 8 rings (SSSR count). The number of carbonyl (C=O) groups excluding carboxylic acids is 2. The summed E-state index contributed by atoms with van der Waals surface area (Å²) in [5.74, 6) is -1.69. The van der Waals surface area contributed by atoms with Crippen molar-refractivity contribution in [1.29, 1.82) is 0 Å². The van der Waals surface area contributed by atoms with Crippen molar-refractivity contribution in [3.63, 3.8) is 0 Å². The third-order valence-corrected chi connectivity index (χ3v) is 13.6. The number of hydrogen-bond acceptors (Lipinski definition) is 17. The minimum Gasteiger partial charge on any atom is -0.349 e. The zero-order chi connectivity index (χ0) is 44.6. The van der Waals surface area contributed by atoms with Crippen LogP contribution in [0.2, 0.25) is 0 Å². The fourth-order valence-corrected chi connectivity index (χ4v) is 9.96. The van der Waals surface area contributed by atoms with Crippen molar-refractivity contribution in [2.75, 3.05) is 43.7 Å². The lowest BCUT2D eigenvalue weighted by Crippen LogP contribution is -2.33. The fraction of sp³-hybridized carbons (Fsp3) is 0.472. The number of carbonyl (C=O) groups is 2.